The highest BCUT2D eigenvalue weighted by Crippen LogP contribution is 2.38. The van der Waals surface area contributed by atoms with Gasteiger partial charge in [0.05, 0.1) is 7.11 Å². The molecule has 8 nitrogen and oxygen atoms in total. The van der Waals surface area contributed by atoms with Crippen molar-refractivity contribution in [2.24, 2.45) is 5.90 Å². The van der Waals surface area contributed by atoms with E-state index in [-0.39, 0.29) is 17.9 Å². The number of aliphatic carboxylic acids is 1. The second-order valence-corrected chi connectivity index (χ2v) is 5.61. The predicted molar refractivity (Wildman–Crippen MR) is 86.7 cm³/mol. The Morgan fingerprint density at radius 1 is 1.33 bits per heavy atom. The van der Waals surface area contributed by atoms with E-state index < -0.39 is 30.0 Å². The third-order valence-corrected chi connectivity index (χ3v) is 3.89. The smallest absolute Gasteiger partial charge is 0.493 e. The fourth-order valence-corrected chi connectivity index (χ4v) is 2.72. The number of carboxylic acids is 1. The van der Waals surface area contributed by atoms with Gasteiger partial charge in [-0.2, -0.15) is 0 Å². The van der Waals surface area contributed by atoms with Gasteiger partial charge in [-0.05, 0) is 30.5 Å². The van der Waals surface area contributed by atoms with E-state index in [2.05, 4.69) is 10.6 Å². The van der Waals surface area contributed by atoms with Gasteiger partial charge in [0, 0.05) is 12.1 Å². The first-order valence-corrected chi connectivity index (χ1v) is 7.94. The summed E-state index contributed by atoms with van der Waals surface area (Å²) in [4.78, 5) is 24.7. The van der Waals surface area contributed by atoms with Crippen molar-refractivity contribution in [3.05, 3.63) is 23.3 Å². The van der Waals surface area contributed by atoms with Gasteiger partial charge < -0.3 is 24.7 Å². The molecule has 0 bridgehead atoms. The number of nitrogens with two attached hydrogens (primary N) is 1. The van der Waals surface area contributed by atoms with E-state index in [9.17, 15) is 22.8 Å². The summed E-state index contributed by atoms with van der Waals surface area (Å²) in [6.07, 6.45) is -3.65. The van der Waals surface area contributed by atoms with Crippen LogP contribution in [0.15, 0.2) is 12.1 Å². The number of ether oxygens (including phenoxy) is 2. The average Bonchev–Trinajstić information content (AvgIpc) is 2.53. The zero-order valence-corrected chi connectivity index (χ0v) is 14.7. The Morgan fingerprint density at radius 3 is 2.37 bits per heavy atom. The van der Waals surface area contributed by atoms with E-state index in [1.54, 1.807) is 0 Å². The Hall–Kier alpha value is -2.53. The van der Waals surface area contributed by atoms with E-state index in [1.165, 1.54) is 13.2 Å². The molecule has 0 radical (unpaired) electrons. The average molecular weight is 394 g/mol. The van der Waals surface area contributed by atoms with Gasteiger partial charge in [0.25, 0.3) is 5.91 Å². The van der Waals surface area contributed by atoms with Crippen LogP contribution in [0.1, 0.15) is 35.7 Å². The number of alkyl halides is 3. The number of halogens is 3. The van der Waals surface area contributed by atoms with E-state index in [4.69, 9.17) is 15.1 Å². The summed E-state index contributed by atoms with van der Waals surface area (Å²) >= 11 is 0. The number of nitrogens with zero attached hydrogens (tertiary/aromatic N) is 1. The lowest BCUT2D eigenvalue weighted by Gasteiger charge is -2.38. The van der Waals surface area contributed by atoms with Crippen LogP contribution in [0.2, 0.25) is 0 Å². The molecule has 27 heavy (non-hydrogen) atoms. The quantitative estimate of drug-likeness (QED) is 0.632. The molecule has 4 N–H and O–H groups in total. The van der Waals surface area contributed by atoms with Gasteiger partial charge in [-0.15, -0.1) is 13.2 Å². The zero-order valence-electron chi connectivity index (χ0n) is 14.7. The maximum absolute atomic E-state index is 12.7. The topological polar surface area (TPSA) is 122 Å². The van der Waals surface area contributed by atoms with Crippen molar-refractivity contribution >= 4 is 11.9 Å². The Morgan fingerprint density at radius 2 is 1.96 bits per heavy atom. The minimum Gasteiger partial charge on any atom is -0.493 e. The molecule has 0 aromatic heterocycles. The van der Waals surface area contributed by atoms with Gasteiger partial charge in [-0.25, -0.2) is 10.7 Å². The molecule has 1 aromatic carbocycles. The highest BCUT2D eigenvalue weighted by atomic mass is 19.4. The van der Waals surface area contributed by atoms with Gasteiger partial charge in [-0.3, -0.25) is 4.79 Å². The second-order valence-electron chi connectivity index (χ2n) is 5.61. The second kappa shape index (κ2) is 9.42. The van der Waals surface area contributed by atoms with E-state index in [0.717, 1.165) is 11.0 Å². The van der Waals surface area contributed by atoms with Crippen molar-refractivity contribution in [1.29, 1.82) is 0 Å². The van der Waals surface area contributed by atoms with Crippen LogP contribution in [0.3, 0.4) is 0 Å². The van der Waals surface area contributed by atoms with Crippen LogP contribution in [0.5, 0.6) is 11.5 Å². The summed E-state index contributed by atoms with van der Waals surface area (Å²) in [5.41, 5.74) is 0.331. The summed E-state index contributed by atoms with van der Waals surface area (Å²) in [7, 11) is 1.22. The van der Waals surface area contributed by atoms with Gasteiger partial charge in [0.15, 0.2) is 11.5 Å². The standard InChI is InChI=1S/C16H18F3NO5.H3NO/c1-3-4-9-7-10(14(21)20-6-5-11(20)15(22)23)8-12(13(9)24-2)25-16(17,18)19;1-2/h7-8,11H,3-6H2,1-2H3,(H,22,23);2H,1H2. The third kappa shape index (κ3) is 5.47. The van der Waals surface area contributed by atoms with Gasteiger partial charge in [0.1, 0.15) is 6.04 Å². The van der Waals surface area contributed by atoms with Crippen molar-refractivity contribution in [3.63, 3.8) is 0 Å². The van der Waals surface area contributed by atoms with Crippen molar-refractivity contribution in [1.82, 2.24) is 4.90 Å². The summed E-state index contributed by atoms with van der Waals surface area (Å²) in [5, 5.41) is 15.5. The predicted octanol–water partition coefficient (Wildman–Crippen LogP) is 2.18. The monoisotopic (exact) mass is 394 g/mol. The summed E-state index contributed by atoms with van der Waals surface area (Å²) < 4.78 is 47.0. The van der Waals surface area contributed by atoms with E-state index >= 15 is 0 Å². The van der Waals surface area contributed by atoms with Gasteiger partial charge >= 0.3 is 12.3 Å². The van der Waals surface area contributed by atoms with Gasteiger partial charge in [0.2, 0.25) is 0 Å². The fourth-order valence-electron chi connectivity index (χ4n) is 2.72. The molecule has 2 rings (SSSR count). The maximum atomic E-state index is 12.7. The summed E-state index contributed by atoms with van der Waals surface area (Å²) in [5.74, 6) is 1.00. The molecule has 0 spiro atoms. The number of carboxylic acid groups (broad SMARTS) is 1. The molecular formula is C16H21F3N2O6. The van der Waals surface area contributed by atoms with E-state index in [1.807, 2.05) is 6.92 Å². The molecular weight excluding hydrogens is 373 g/mol. The number of carbonyl (C=O) groups is 2. The van der Waals surface area contributed by atoms with Crippen LogP contribution in [0.25, 0.3) is 0 Å². The van der Waals surface area contributed by atoms with E-state index in [0.29, 0.717) is 24.8 Å². The van der Waals surface area contributed by atoms with Crippen molar-refractivity contribution < 1.29 is 42.5 Å². The normalized spacial score (nSPS) is 16.0. The van der Waals surface area contributed by atoms with Crippen LogP contribution in [0, 0.1) is 0 Å². The Kier molecular flexibility index (Phi) is 7.85. The number of hydrogen-bond acceptors (Lipinski definition) is 6. The molecule has 1 amide bonds. The minimum absolute atomic E-state index is 0.0607. The van der Waals surface area contributed by atoms with Crippen molar-refractivity contribution in [3.8, 4) is 11.5 Å². The first-order valence-electron chi connectivity index (χ1n) is 7.94. The van der Waals surface area contributed by atoms with Crippen molar-refractivity contribution in [2.45, 2.75) is 38.6 Å². The SMILES string of the molecule is CCCc1cc(C(=O)N2CCC2C(=O)O)cc(OC(F)(F)F)c1OC.NO. The van der Waals surface area contributed by atoms with Crippen LogP contribution in [-0.2, 0) is 11.2 Å². The number of benzene rings is 1. The molecule has 1 aromatic rings. The molecule has 1 aliphatic heterocycles. The number of carbonyl (C=O) groups excluding carboxylic acids is 1. The van der Waals surface area contributed by atoms with Crippen LogP contribution < -0.4 is 15.4 Å². The lowest BCUT2D eigenvalue weighted by atomic mass is 9.99. The first kappa shape index (κ1) is 22.5. The van der Waals surface area contributed by atoms with Crippen LogP contribution in [-0.4, -0.2) is 53.1 Å². The number of likely N-dealkylation sites (tertiary alicyclic amines) is 1. The highest BCUT2D eigenvalue weighted by molar-refractivity contribution is 5.98. The molecule has 152 valence electrons. The summed E-state index contributed by atoms with van der Waals surface area (Å²) in [6, 6.07) is 1.40. The number of amides is 1. The maximum Gasteiger partial charge on any atom is 0.573 e. The Balaban J connectivity index is 0.00000176. The molecule has 0 aliphatic carbocycles. The highest BCUT2D eigenvalue weighted by Gasteiger charge is 2.39. The summed E-state index contributed by atoms with van der Waals surface area (Å²) in [6.45, 7) is 2.06. The Labute approximate surface area is 153 Å². The van der Waals surface area contributed by atoms with Gasteiger partial charge in [-0.1, -0.05) is 13.3 Å². The number of hydrogen-bond donors (Lipinski definition) is 3. The lowest BCUT2D eigenvalue weighted by Crippen LogP contribution is -2.55. The molecule has 1 unspecified atom stereocenters. The van der Waals surface area contributed by atoms with Crippen LogP contribution >= 0.6 is 0 Å². The molecule has 1 saturated heterocycles. The molecule has 11 heteroatoms. The first-order chi connectivity index (χ1) is 12.7. The largest absolute Gasteiger partial charge is 0.573 e. The number of aryl methyl sites for hydroxylation is 1. The lowest BCUT2D eigenvalue weighted by molar-refractivity contribution is -0.275. The van der Waals surface area contributed by atoms with Crippen LogP contribution in [0.4, 0.5) is 13.2 Å². The minimum atomic E-state index is -4.95. The molecule has 1 heterocycles. The fraction of sp³-hybridized carbons (Fsp3) is 0.500. The molecule has 1 atom stereocenters. The van der Waals surface area contributed by atoms with Crippen molar-refractivity contribution in [2.75, 3.05) is 13.7 Å². The number of methoxy groups -OCH3 is 1. The molecule has 0 saturated carbocycles. The Bertz CT molecular complexity index is 681. The third-order valence-electron chi connectivity index (χ3n) is 3.89. The number of rotatable bonds is 6. The zero-order chi connectivity index (χ0) is 20.8. The molecule has 1 aliphatic rings. The molecule has 1 fully saturated rings.